The van der Waals surface area contributed by atoms with E-state index in [4.69, 9.17) is 0 Å². The van der Waals surface area contributed by atoms with Gasteiger partial charge in [-0.15, -0.1) is 0 Å². The second-order valence-corrected chi connectivity index (χ2v) is 6.23. The van der Waals surface area contributed by atoms with Crippen molar-refractivity contribution in [2.24, 2.45) is 0 Å². The first-order valence-electron chi connectivity index (χ1n) is 7.31. The van der Waals surface area contributed by atoms with Gasteiger partial charge in [0.1, 0.15) is 5.82 Å². The number of hydrogen-bond acceptors (Lipinski definition) is 3. The highest BCUT2D eigenvalue weighted by molar-refractivity contribution is 5.99. The fraction of sp³-hybridized carbons (Fsp3) is 0.438. The maximum absolute atomic E-state index is 12.3. The summed E-state index contributed by atoms with van der Waals surface area (Å²) in [6.07, 6.45) is 1.91. The quantitative estimate of drug-likeness (QED) is 0.840. The highest BCUT2D eigenvalue weighted by Crippen LogP contribution is 2.24. The molecule has 2 amide bonds. The zero-order valence-corrected chi connectivity index (χ0v) is 13.4. The molecule has 2 aromatic heterocycles. The minimum absolute atomic E-state index is 0.114. The minimum atomic E-state index is -0.232. The molecule has 0 spiro atoms. The molecule has 0 aliphatic heterocycles. The fourth-order valence-electron chi connectivity index (χ4n) is 2.23. The number of nitrogens with one attached hydrogen (secondary N) is 2. The van der Waals surface area contributed by atoms with E-state index in [0.717, 1.165) is 11.3 Å². The number of carbonyl (C=O) groups excluding carboxylic acids is 2. The zero-order valence-electron chi connectivity index (χ0n) is 13.4. The van der Waals surface area contributed by atoms with Gasteiger partial charge in [0.05, 0.1) is 5.52 Å². The number of amides is 2. The third kappa shape index (κ3) is 3.44. The lowest BCUT2D eigenvalue weighted by Crippen LogP contribution is -2.33. The first kappa shape index (κ1) is 16.0. The second-order valence-electron chi connectivity index (χ2n) is 6.23. The Morgan fingerprint density at radius 3 is 2.50 bits per heavy atom. The summed E-state index contributed by atoms with van der Waals surface area (Å²) in [5.41, 5.74) is 1.02. The van der Waals surface area contributed by atoms with E-state index in [1.54, 1.807) is 0 Å². The van der Waals surface area contributed by atoms with Crippen LogP contribution < -0.4 is 10.6 Å². The van der Waals surface area contributed by atoms with Crippen LogP contribution in [0.25, 0.3) is 5.52 Å². The van der Waals surface area contributed by atoms with Crippen LogP contribution in [0.15, 0.2) is 24.4 Å². The number of hydrogen-bond donors (Lipinski definition) is 2. The van der Waals surface area contributed by atoms with E-state index in [1.807, 2.05) is 28.8 Å². The standard InChI is InChI=1S/C16H22N4O2/c1-11(21)17-8-9-18-14(22)13-12-7-5-6-10-20(12)15(19-13)16(2,3)4/h5-7,10H,8-9H2,1-4H3,(H,17,21)(H,18,22). The van der Waals surface area contributed by atoms with Gasteiger partial charge in [0.25, 0.3) is 5.91 Å². The molecule has 0 saturated carbocycles. The molecule has 6 nitrogen and oxygen atoms in total. The molecule has 0 unspecified atom stereocenters. The van der Waals surface area contributed by atoms with Crippen LogP contribution in [0.2, 0.25) is 0 Å². The number of imidazole rings is 1. The molecule has 0 aliphatic carbocycles. The monoisotopic (exact) mass is 302 g/mol. The van der Waals surface area contributed by atoms with Crippen molar-refractivity contribution in [1.29, 1.82) is 0 Å². The van der Waals surface area contributed by atoms with Gasteiger partial charge in [0.2, 0.25) is 5.91 Å². The number of rotatable bonds is 4. The van der Waals surface area contributed by atoms with Gasteiger partial charge < -0.3 is 15.0 Å². The molecule has 2 aromatic rings. The number of fused-ring (bicyclic) bond motifs is 1. The first-order valence-corrected chi connectivity index (χ1v) is 7.31. The molecular weight excluding hydrogens is 280 g/mol. The maximum Gasteiger partial charge on any atom is 0.272 e. The molecule has 0 fully saturated rings. The second kappa shape index (κ2) is 6.17. The number of aromatic nitrogens is 2. The average molecular weight is 302 g/mol. The van der Waals surface area contributed by atoms with Crippen molar-refractivity contribution >= 4 is 17.3 Å². The number of pyridine rings is 1. The van der Waals surface area contributed by atoms with Crippen LogP contribution in [-0.2, 0) is 10.2 Å². The Bertz CT molecular complexity index is 698. The molecule has 0 aromatic carbocycles. The van der Waals surface area contributed by atoms with Crippen molar-refractivity contribution in [3.05, 3.63) is 35.9 Å². The van der Waals surface area contributed by atoms with Crippen molar-refractivity contribution in [3.63, 3.8) is 0 Å². The van der Waals surface area contributed by atoms with Gasteiger partial charge in [-0.1, -0.05) is 26.8 Å². The van der Waals surface area contributed by atoms with Gasteiger partial charge in [-0.2, -0.15) is 0 Å². The van der Waals surface area contributed by atoms with E-state index in [0.29, 0.717) is 18.8 Å². The summed E-state index contributed by atoms with van der Waals surface area (Å²) < 4.78 is 1.95. The zero-order chi connectivity index (χ0) is 16.3. The van der Waals surface area contributed by atoms with Gasteiger partial charge >= 0.3 is 0 Å². The van der Waals surface area contributed by atoms with Gasteiger partial charge in [0.15, 0.2) is 5.69 Å². The first-order chi connectivity index (χ1) is 10.3. The van der Waals surface area contributed by atoms with Gasteiger partial charge in [-0.05, 0) is 12.1 Å². The van der Waals surface area contributed by atoms with Gasteiger partial charge in [-0.3, -0.25) is 9.59 Å². The molecule has 2 rings (SSSR count). The van der Waals surface area contributed by atoms with Crippen LogP contribution in [0.1, 0.15) is 44.0 Å². The lowest BCUT2D eigenvalue weighted by Gasteiger charge is -2.16. The highest BCUT2D eigenvalue weighted by atomic mass is 16.2. The molecule has 0 saturated heterocycles. The highest BCUT2D eigenvalue weighted by Gasteiger charge is 2.24. The Hall–Kier alpha value is -2.37. The van der Waals surface area contributed by atoms with Crippen molar-refractivity contribution < 1.29 is 9.59 Å². The summed E-state index contributed by atoms with van der Waals surface area (Å²) in [4.78, 5) is 27.7. The summed E-state index contributed by atoms with van der Waals surface area (Å²) in [5.74, 6) is 0.497. The molecule has 2 N–H and O–H groups in total. The van der Waals surface area contributed by atoms with Crippen LogP contribution in [0.3, 0.4) is 0 Å². The van der Waals surface area contributed by atoms with E-state index in [2.05, 4.69) is 36.4 Å². The van der Waals surface area contributed by atoms with Crippen LogP contribution in [0.4, 0.5) is 0 Å². The van der Waals surface area contributed by atoms with Crippen molar-refractivity contribution in [2.45, 2.75) is 33.1 Å². The lowest BCUT2D eigenvalue weighted by atomic mass is 9.96. The van der Waals surface area contributed by atoms with E-state index in [9.17, 15) is 9.59 Å². The van der Waals surface area contributed by atoms with Crippen molar-refractivity contribution in [2.75, 3.05) is 13.1 Å². The lowest BCUT2D eigenvalue weighted by molar-refractivity contribution is -0.118. The third-order valence-corrected chi connectivity index (χ3v) is 3.22. The van der Waals surface area contributed by atoms with E-state index < -0.39 is 0 Å². The van der Waals surface area contributed by atoms with Crippen LogP contribution in [-0.4, -0.2) is 34.3 Å². The van der Waals surface area contributed by atoms with Gasteiger partial charge in [0, 0.05) is 31.6 Å². The maximum atomic E-state index is 12.3. The Morgan fingerprint density at radius 2 is 1.86 bits per heavy atom. The third-order valence-electron chi connectivity index (χ3n) is 3.22. The molecule has 0 bridgehead atoms. The molecule has 2 heterocycles. The largest absolute Gasteiger partial charge is 0.355 e. The predicted octanol–water partition coefficient (Wildman–Crippen LogP) is 1.50. The van der Waals surface area contributed by atoms with Gasteiger partial charge in [-0.25, -0.2) is 4.98 Å². The Labute approximate surface area is 129 Å². The summed E-state index contributed by atoms with van der Waals surface area (Å²) in [7, 11) is 0. The Kier molecular flexibility index (Phi) is 4.49. The smallest absolute Gasteiger partial charge is 0.272 e. The Balaban J connectivity index is 2.24. The molecule has 0 radical (unpaired) electrons. The van der Waals surface area contributed by atoms with Crippen LogP contribution in [0, 0.1) is 0 Å². The molecular formula is C16H22N4O2. The topological polar surface area (TPSA) is 75.5 Å². The van der Waals surface area contributed by atoms with E-state index in [1.165, 1.54) is 6.92 Å². The van der Waals surface area contributed by atoms with E-state index >= 15 is 0 Å². The Morgan fingerprint density at radius 1 is 1.18 bits per heavy atom. The van der Waals surface area contributed by atoms with Crippen molar-refractivity contribution in [3.8, 4) is 0 Å². The molecule has 0 aliphatic rings. The number of carbonyl (C=O) groups is 2. The summed E-state index contributed by atoms with van der Waals surface area (Å²) in [5, 5.41) is 5.42. The SMILES string of the molecule is CC(=O)NCCNC(=O)c1nc(C(C)(C)C)n2ccccc12. The summed E-state index contributed by atoms with van der Waals surface area (Å²) >= 11 is 0. The summed E-state index contributed by atoms with van der Waals surface area (Å²) in [6.45, 7) is 8.40. The fourth-order valence-corrected chi connectivity index (χ4v) is 2.23. The minimum Gasteiger partial charge on any atom is -0.355 e. The molecule has 0 atom stereocenters. The number of nitrogens with zero attached hydrogens (tertiary/aromatic N) is 2. The van der Waals surface area contributed by atoms with E-state index in [-0.39, 0.29) is 17.2 Å². The molecule has 6 heteroatoms. The molecule has 22 heavy (non-hydrogen) atoms. The normalized spacial score (nSPS) is 11.5. The average Bonchev–Trinajstić information content (AvgIpc) is 2.83. The van der Waals surface area contributed by atoms with Crippen LogP contribution >= 0.6 is 0 Å². The predicted molar refractivity (Wildman–Crippen MR) is 84.9 cm³/mol. The van der Waals surface area contributed by atoms with Crippen molar-refractivity contribution in [1.82, 2.24) is 20.0 Å². The molecule has 118 valence electrons. The van der Waals surface area contributed by atoms with Crippen LogP contribution in [0.5, 0.6) is 0 Å². The summed E-state index contributed by atoms with van der Waals surface area (Å²) in [6, 6.07) is 5.69.